The molecule has 0 bridgehead atoms. The van der Waals surface area contributed by atoms with Gasteiger partial charge in [-0.2, -0.15) is 0 Å². The van der Waals surface area contributed by atoms with Crippen LogP contribution in [-0.2, 0) is 0 Å². The fourth-order valence-electron chi connectivity index (χ4n) is 1.41. The first-order valence-electron chi connectivity index (χ1n) is 5.05. The van der Waals surface area contributed by atoms with Crippen molar-refractivity contribution in [2.75, 3.05) is 27.2 Å². The van der Waals surface area contributed by atoms with Crippen LogP contribution in [0.4, 0.5) is 0 Å². The molecule has 0 spiro atoms. The lowest BCUT2D eigenvalue weighted by Gasteiger charge is -2.27. The molecular weight excluding hydrogens is 242 g/mol. The molecule has 4 heteroatoms. The van der Waals surface area contributed by atoms with Crippen LogP contribution in [0.1, 0.15) is 16.1 Å². The molecule has 0 saturated carbocycles. The summed E-state index contributed by atoms with van der Waals surface area (Å²) in [6, 6.07) is 3.81. The number of rotatable bonds is 6. The van der Waals surface area contributed by atoms with E-state index in [9.17, 15) is 4.79 Å². The topological polar surface area (TPSA) is 17.1 Å². The summed E-state index contributed by atoms with van der Waals surface area (Å²) >= 11 is 1.52. The van der Waals surface area contributed by atoms with Crippen LogP contribution in [0.25, 0.3) is 0 Å². The number of carbonyl (C=O) groups is 1. The third-order valence-corrected chi connectivity index (χ3v) is 3.27. The first-order chi connectivity index (χ1) is 7.05. The largest absolute Gasteiger partial charge is 1.00 e. The highest BCUT2D eigenvalue weighted by Gasteiger charge is 2.16. The number of thiophene rings is 1. The minimum atomic E-state index is 0. The second-order valence-corrected chi connectivity index (χ2v) is 5.23. The van der Waals surface area contributed by atoms with E-state index in [4.69, 9.17) is 0 Å². The molecule has 0 saturated heterocycles. The number of ketones is 1. The molecule has 0 aliphatic rings. The fraction of sp³-hybridized carbons (Fsp3) is 0.417. The van der Waals surface area contributed by atoms with Gasteiger partial charge in [-0.3, -0.25) is 4.79 Å². The molecule has 0 aliphatic heterocycles. The second kappa shape index (κ2) is 6.84. The first-order valence-corrected chi connectivity index (χ1v) is 5.93. The van der Waals surface area contributed by atoms with Gasteiger partial charge in [-0.05, 0) is 17.5 Å². The molecule has 0 aliphatic carbocycles. The molecule has 0 radical (unpaired) electrons. The molecule has 16 heavy (non-hydrogen) atoms. The van der Waals surface area contributed by atoms with Crippen LogP contribution in [0.2, 0.25) is 0 Å². The summed E-state index contributed by atoms with van der Waals surface area (Å²) in [4.78, 5) is 12.6. The number of carbonyl (C=O) groups excluding carboxylic acids is 1. The Morgan fingerprint density at radius 1 is 1.56 bits per heavy atom. The lowest BCUT2D eigenvalue weighted by molar-refractivity contribution is -0.883. The average Bonchev–Trinajstić information content (AvgIpc) is 2.67. The number of nitrogens with zero attached hydrogens (tertiary/aromatic N) is 1. The zero-order valence-electron chi connectivity index (χ0n) is 9.78. The number of quaternary nitrogens is 1. The zero-order valence-corrected chi connectivity index (χ0v) is 11.4. The number of likely N-dealkylation sites (N-methyl/N-ethyl adjacent to an activating group) is 1. The molecule has 1 heterocycles. The van der Waals surface area contributed by atoms with Crippen molar-refractivity contribution in [1.29, 1.82) is 0 Å². The molecule has 2 nitrogen and oxygen atoms in total. The number of hydrogen-bond acceptors (Lipinski definition) is 2. The van der Waals surface area contributed by atoms with Crippen LogP contribution in [0.3, 0.4) is 0 Å². The van der Waals surface area contributed by atoms with Crippen molar-refractivity contribution in [3.8, 4) is 0 Å². The Morgan fingerprint density at radius 2 is 2.25 bits per heavy atom. The van der Waals surface area contributed by atoms with E-state index in [0.717, 1.165) is 22.4 Å². The van der Waals surface area contributed by atoms with Crippen LogP contribution in [-0.4, -0.2) is 37.5 Å². The van der Waals surface area contributed by atoms with Gasteiger partial charge in [0, 0.05) is 0 Å². The van der Waals surface area contributed by atoms with Crippen LogP contribution in [0, 0.1) is 0 Å². The number of Topliss-reactive ketones (excluding diaryl/α,β-unsaturated/α-hetero) is 1. The molecule has 1 rings (SSSR count). The Labute approximate surface area is 108 Å². The van der Waals surface area contributed by atoms with Crippen molar-refractivity contribution in [3.05, 3.63) is 35.0 Å². The lowest BCUT2D eigenvalue weighted by atomic mass is 10.2. The lowest BCUT2D eigenvalue weighted by Crippen LogP contribution is -3.00. The maximum absolute atomic E-state index is 11.7. The molecule has 90 valence electrons. The Morgan fingerprint density at radius 3 is 2.75 bits per heavy atom. The summed E-state index contributed by atoms with van der Waals surface area (Å²) in [6.07, 6.45) is 2.51. The third kappa shape index (κ3) is 4.92. The number of halogens is 1. The Bertz CT molecular complexity index is 333. The van der Waals surface area contributed by atoms with Gasteiger partial charge in [-0.25, -0.2) is 0 Å². The molecule has 1 aromatic rings. The summed E-state index contributed by atoms with van der Waals surface area (Å²) in [5, 5.41) is 1.94. The van der Waals surface area contributed by atoms with Crippen molar-refractivity contribution >= 4 is 17.1 Å². The SMILES string of the molecule is C=CC[N+](C)(C)CCC(=O)c1cccs1.[Cl-]. The summed E-state index contributed by atoms with van der Waals surface area (Å²) in [7, 11) is 4.23. The molecule has 0 fully saturated rings. The smallest absolute Gasteiger partial charge is 0.178 e. The molecule has 0 aromatic carbocycles. The van der Waals surface area contributed by atoms with Crippen LogP contribution in [0.5, 0.6) is 0 Å². The quantitative estimate of drug-likeness (QED) is 0.386. The second-order valence-electron chi connectivity index (χ2n) is 4.28. The van der Waals surface area contributed by atoms with Gasteiger partial charge in [0.25, 0.3) is 0 Å². The maximum atomic E-state index is 11.7. The van der Waals surface area contributed by atoms with Gasteiger partial charge >= 0.3 is 0 Å². The van der Waals surface area contributed by atoms with Gasteiger partial charge < -0.3 is 16.9 Å². The Balaban J connectivity index is 0.00000225. The highest BCUT2D eigenvalue weighted by atomic mass is 35.5. The molecule has 0 unspecified atom stereocenters. The minimum absolute atomic E-state index is 0. The molecule has 0 amide bonds. The van der Waals surface area contributed by atoms with E-state index >= 15 is 0 Å². The van der Waals surface area contributed by atoms with Crippen LogP contribution in [0.15, 0.2) is 30.2 Å². The van der Waals surface area contributed by atoms with E-state index in [0.29, 0.717) is 6.42 Å². The van der Waals surface area contributed by atoms with Crippen LogP contribution < -0.4 is 12.4 Å². The Hall–Kier alpha value is -0.640. The van der Waals surface area contributed by atoms with Gasteiger partial charge in [0.05, 0.1) is 38.5 Å². The van der Waals surface area contributed by atoms with E-state index in [1.54, 1.807) is 0 Å². The molecule has 1 aromatic heterocycles. The van der Waals surface area contributed by atoms with Crippen molar-refractivity contribution < 1.29 is 21.7 Å². The van der Waals surface area contributed by atoms with Gasteiger partial charge in [-0.1, -0.05) is 12.6 Å². The van der Waals surface area contributed by atoms with Crippen LogP contribution >= 0.6 is 11.3 Å². The monoisotopic (exact) mass is 259 g/mol. The average molecular weight is 260 g/mol. The van der Waals surface area contributed by atoms with E-state index < -0.39 is 0 Å². The molecule has 0 N–H and O–H groups in total. The third-order valence-electron chi connectivity index (χ3n) is 2.36. The van der Waals surface area contributed by atoms with E-state index in [-0.39, 0.29) is 18.2 Å². The van der Waals surface area contributed by atoms with Crippen molar-refractivity contribution in [1.82, 2.24) is 0 Å². The summed E-state index contributed by atoms with van der Waals surface area (Å²) in [5.74, 6) is 0.250. The van der Waals surface area contributed by atoms with Crippen molar-refractivity contribution in [3.63, 3.8) is 0 Å². The first kappa shape index (κ1) is 15.4. The highest BCUT2D eigenvalue weighted by Crippen LogP contribution is 2.12. The predicted octanol–water partition coefficient (Wildman–Crippen LogP) is -0.413. The fourth-order valence-corrected chi connectivity index (χ4v) is 2.10. The Kier molecular flexibility index (Phi) is 6.56. The summed E-state index contributed by atoms with van der Waals surface area (Å²) in [6.45, 7) is 5.49. The van der Waals surface area contributed by atoms with Gasteiger partial charge in [0.1, 0.15) is 0 Å². The maximum Gasteiger partial charge on any atom is 0.178 e. The normalized spacial score (nSPS) is 10.6. The molecular formula is C12H18ClNOS. The summed E-state index contributed by atoms with van der Waals surface area (Å²) < 4.78 is 0.820. The van der Waals surface area contributed by atoms with Crippen molar-refractivity contribution in [2.24, 2.45) is 0 Å². The van der Waals surface area contributed by atoms with Gasteiger partial charge in [0.15, 0.2) is 5.78 Å². The van der Waals surface area contributed by atoms with E-state index in [2.05, 4.69) is 20.7 Å². The van der Waals surface area contributed by atoms with Gasteiger partial charge in [0.2, 0.25) is 0 Å². The summed E-state index contributed by atoms with van der Waals surface area (Å²) in [5.41, 5.74) is 0. The predicted molar refractivity (Wildman–Crippen MR) is 65.3 cm³/mol. The number of hydrogen-bond donors (Lipinski definition) is 0. The van der Waals surface area contributed by atoms with E-state index in [1.165, 1.54) is 11.3 Å². The molecule has 0 atom stereocenters. The van der Waals surface area contributed by atoms with E-state index in [1.807, 2.05) is 23.6 Å². The zero-order chi connectivity index (χ0) is 11.3. The minimum Gasteiger partial charge on any atom is -1.00 e. The van der Waals surface area contributed by atoms with Gasteiger partial charge in [-0.15, -0.1) is 11.3 Å². The van der Waals surface area contributed by atoms with Crippen molar-refractivity contribution in [2.45, 2.75) is 6.42 Å². The highest BCUT2D eigenvalue weighted by molar-refractivity contribution is 7.12. The standard InChI is InChI=1S/C12H18NOS.ClH/c1-4-8-13(2,3)9-7-11(14)12-6-5-10-15-12;/h4-6,10H,1,7-9H2,2-3H3;1H/q+1;/p-1.